The van der Waals surface area contributed by atoms with Crippen LogP contribution >= 0.6 is 34.8 Å². The van der Waals surface area contributed by atoms with E-state index in [9.17, 15) is 18.0 Å². The predicted molar refractivity (Wildman–Crippen MR) is 122 cm³/mol. The zero-order chi connectivity index (χ0) is 24.0. The fourth-order valence-electron chi connectivity index (χ4n) is 3.32. The molecule has 1 aromatic heterocycles. The molecule has 0 bridgehead atoms. The second-order valence-corrected chi connectivity index (χ2v) is 10.3. The lowest BCUT2D eigenvalue weighted by Crippen LogP contribution is -2.15. The first-order valence-electron chi connectivity index (χ1n) is 9.06. The summed E-state index contributed by atoms with van der Waals surface area (Å²) in [7, 11) is -2.06. The van der Waals surface area contributed by atoms with E-state index in [1.165, 1.54) is 49.1 Å². The van der Waals surface area contributed by atoms with E-state index in [-0.39, 0.29) is 43.1 Å². The van der Waals surface area contributed by atoms with Crippen LogP contribution in [0.2, 0.25) is 15.1 Å². The van der Waals surface area contributed by atoms with Crippen molar-refractivity contribution in [2.45, 2.75) is 18.7 Å². The van der Waals surface area contributed by atoms with Crippen molar-refractivity contribution < 1.29 is 22.7 Å². The van der Waals surface area contributed by atoms with E-state index < -0.39 is 21.6 Å². The Bertz CT molecular complexity index is 1380. The summed E-state index contributed by atoms with van der Waals surface area (Å²) in [6, 6.07) is 5.67. The van der Waals surface area contributed by atoms with Crippen LogP contribution < -0.4 is 4.74 Å². The lowest BCUT2D eigenvalue weighted by molar-refractivity contribution is 0.0718. The molecule has 0 saturated carbocycles. The third-order valence-corrected chi connectivity index (χ3v) is 7.11. The number of esters is 1. The summed E-state index contributed by atoms with van der Waals surface area (Å²) in [5.41, 5.74) is 0.710. The van der Waals surface area contributed by atoms with Crippen molar-refractivity contribution in [3.8, 4) is 5.88 Å². The van der Waals surface area contributed by atoms with Gasteiger partial charge in [-0.25, -0.2) is 17.9 Å². The van der Waals surface area contributed by atoms with Crippen LogP contribution in [0.3, 0.4) is 0 Å². The number of benzene rings is 2. The Balaban J connectivity index is 2.04. The average molecular weight is 516 g/mol. The number of rotatable bonds is 5. The fraction of sp³-hybridized carbons (Fsp3) is 0.190. The molecule has 0 unspecified atom stereocenters. The summed E-state index contributed by atoms with van der Waals surface area (Å²) in [6.45, 7) is 3.10. The van der Waals surface area contributed by atoms with Gasteiger partial charge in [0.05, 0.1) is 26.7 Å². The monoisotopic (exact) mass is 514 g/mol. The summed E-state index contributed by atoms with van der Waals surface area (Å²) >= 11 is 18.3. The molecule has 0 amide bonds. The van der Waals surface area contributed by atoms with Crippen molar-refractivity contribution >= 4 is 56.4 Å². The molecule has 0 aliphatic carbocycles. The molecular weight excluding hydrogens is 499 g/mol. The summed E-state index contributed by atoms with van der Waals surface area (Å²) in [4.78, 5) is 26.0. The largest absolute Gasteiger partial charge is 0.403 e. The molecule has 0 radical (unpaired) electrons. The Morgan fingerprint density at radius 3 is 2.28 bits per heavy atom. The second kappa shape index (κ2) is 8.86. The summed E-state index contributed by atoms with van der Waals surface area (Å²) < 4.78 is 30.8. The van der Waals surface area contributed by atoms with Crippen LogP contribution in [-0.4, -0.2) is 36.2 Å². The molecular formula is C21H17Cl3N2O5S. The van der Waals surface area contributed by atoms with Gasteiger partial charge in [0.1, 0.15) is 5.56 Å². The van der Waals surface area contributed by atoms with Gasteiger partial charge >= 0.3 is 5.97 Å². The molecule has 11 heteroatoms. The van der Waals surface area contributed by atoms with E-state index in [4.69, 9.17) is 39.5 Å². The van der Waals surface area contributed by atoms with Crippen LogP contribution in [-0.2, 0) is 16.9 Å². The van der Waals surface area contributed by atoms with E-state index in [0.29, 0.717) is 10.6 Å². The zero-order valence-electron chi connectivity index (χ0n) is 17.4. The first-order chi connectivity index (χ1) is 14.8. The topological polar surface area (TPSA) is 95.3 Å². The quantitative estimate of drug-likeness (QED) is 0.356. The van der Waals surface area contributed by atoms with Crippen molar-refractivity contribution in [3.05, 3.63) is 73.3 Å². The maximum atomic E-state index is 13.3. The van der Waals surface area contributed by atoms with Crippen molar-refractivity contribution in [1.29, 1.82) is 0 Å². The van der Waals surface area contributed by atoms with Gasteiger partial charge in [-0.05, 0) is 49.2 Å². The van der Waals surface area contributed by atoms with Crippen molar-refractivity contribution in [2.75, 3.05) is 6.26 Å². The van der Waals surface area contributed by atoms with Crippen LogP contribution in [0.15, 0.2) is 35.4 Å². The highest BCUT2D eigenvalue weighted by atomic mass is 35.5. The number of sulfone groups is 1. The highest BCUT2D eigenvalue weighted by Gasteiger charge is 2.27. The number of ether oxygens (including phenoxy) is 1. The van der Waals surface area contributed by atoms with Crippen LogP contribution in [0.4, 0.5) is 0 Å². The maximum Gasteiger partial charge on any atom is 0.346 e. The molecule has 3 rings (SSSR count). The second-order valence-electron chi connectivity index (χ2n) is 7.11. The first-order valence-corrected chi connectivity index (χ1v) is 12.1. The van der Waals surface area contributed by atoms with Gasteiger partial charge in [0.25, 0.3) is 0 Å². The number of hydrogen-bond donors (Lipinski definition) is 0. The number of aryl methyl sites for hydroxylation is 2. The number of aromatic nitrogens is 2. The smallest absolute Gasteiger partial charge is 0.346 e. The molecule has 32 heavy (non-hydrogen) atoms. The van der Waals surface area contributed by atoms with Gasteiger partial charge in [-0.1, -0.05) is 34.8 Å². The van der Waals surface area contributed by atoms with Gasteiger partial charge in [-0.15, -0.1) is 0 Å². The van der Waals surface area contributed by atoms with Crippen LogP contribution in [0.5, 0.6) is 5.88 Å². The molecule has 0 aliphatic rings. The Hall–Kier alpha value is -2.39. The van der Waals surface area contributed by atoms with E-state index in [0.717, 1.165) is 6.26 Å². The van der Waals surface area contributed by atoms with Gasteiger partial charge in [0.2, 0.25) is 11.7 Å². The van der Waals surface area contributed by atoms with Crippen molar-refractivity contribution in [3.63, 3.8) is 0 Å². The number of carbonyl (C=O) groups is 2. The van der Waals surface area contributed by atoms with Crippen LogP contribution in [0.25, 0.3) is 0 Å². The zero-order valence-corrected chi connectivity index (χ0v) is 20.4. The normalized spacial score (nSPS) is 11.5. The minimum atomic E-state index is -3.55. The van der Waals surface area contributed by atoms with E-state index >= 15 is 0 Å². The third kappa shape index (κ3) is 4.54. The SMILES string of the molecule is Cc1cc(C(=O)c2cnn(C)c2OC(=O)c2ccc(Cl)cc2Cl)c(Cl)c(C)c1S(C)(=O)=O. The average Bonchev–Trinajstić information content (AvgIpc) is 3.03. The minimum Gasteiger partial charge on any atom is -0.403 e. The predicted octanol–water partition coefficient (Wildman–Crippen LogP) is 4.85. The number of ketones is 1. The number of carbonyl (C=O) groups excluding carboxylic acids is 2. The Morgan fingerprint density at radius 2 is 1.69 bits per heavy atom. The Morgan fingerprint density at radius 1 is 1.03 bits per heavy atom. The number of halogens is 3. The van der Waals surface area contributed by atoms with Gasteiger partial charge in [0, 0.05) is 23.9 Å². The third-order valence-electron chi connectivity index (χ3n) is 4.71. The molecule has 0 atom stereocenters. The molecule has 0 fully saturated rings. The Labute approximate surface area is 199 Å². The fourth-order valence-corrected chi connectivity index (χ4v) is 5.40. The lowest BCUT2D eigenvalue weighted by Gasteiger charge is -2.14. The van der Waals surface area contributed by atoms with Crippen LogP contribution in [0.1, 0.15) is 37.4 Å². The Kier molecular flexibility index (Phi) is 6.72. The summed E-state index contributed by atoms with van der Waals surface area (Å²) in [6.07, 6.45) is 2.31. The standard InChI is InChI=1S/C21H17Cl3N2O5S/c1-10-7-14(17(24)11(2)19(10)32(4,29)30)18(27)15-9-25-26(3)20(15)31-21(28)13-6-5-12(22)8-16(13)23/h5-9H,1-4H3. The van der Waals surface area contributed by atoms with Crippen molar-refractivity contribution in [2.24, 2.45) is 7.05 Å². The molecule has 2 aromatic carbocycles. The molecule has 7 nitrogen and oxygen atoms in total. The van der Waals surface area contributed by atoms with Gasteiger partial charge in [-0.3, -0.25) is 4.79 Å². The van der Waals surface area contributed by atoms with Crippen molar-refractivity contribution in [1.82, 2.24) is 9.78 Å². The highest BCUT2D eigenvalue weighted by Crippen LogP contribution is 2.33. The number of hydrogen-bond acceptors (Lipinski definition) is 6. The highest BCUT2D eigenvalue weighted by molar-refractivity contribution is 7.90. The van der Waals surface area contributed by atoms with Crippen LogP contribution in [0, 0.1) is 13.8 Å². The minimum absolute atomic E-state index is 0.0112. The van der Waals surface area contributed by atoms with Gasteiger partial charge < -0.3 is 4.74 Å². The van der Waals surface area contributed by atoms with Gasteiger partial charge in [-0.2, -0.15) is 5.10 Å². The maximum absolute atomic E-state index is 13.3. The first kappa shape index (κ1) is 24.3. The molecule has 168 valence electrons. The summed E-state index contributed by atoms with van der Waals surface area (Å²) in [5, 5.41) is 4.43. The van der Waals surface area contributed by atoms with E-state index in [1.54, 1.807) is 6.92 Å². The van der Waals surface area contributed by atoms with Gasteiger partial charge in [0.15, 0.2) is 9.84 Å². The molecule has 1 heterocycles. The molecule has 0 spiro atoms. The lowest BCUT2D eigenvalue weighted by atomic mass is 10.0. The molecule has 3 aromatic rings. The molecule has 0 aliphatic heterocycles. The molecule has 0 N–H and O–H groups in total. The van der Waals surface area contributed by atoms with E-state index in [2.05, 4.69) is 5.10 Å². The number of nitrogens with zero attached hydrogens (tertiary/aromatic N) is 2. The van der Waals surface area contributed by atoms with E-state index in [1.807, 2.05) is 0 Å². The molecule has 0 saturated heterocycles. The summed E-state index contributed by atoms with van der Waals surface area (Å²) in [5.74, 6) is -1.51.